The molecular formula is C32H30ClNO5. The standard InChI is InChI=1S/C32H30ClNO5/c33-27-16-14-24(15-17-27)29(35)20-28(23-8-6-22(7-9-23)21-4-2-1-3-5-21)31(38)25-10-12-26(13-11-25)32(39)34-19-18-30(36)37/h6-17,20-21H,1-5,18-19H2,(H,34,39)(H,36,37). The molecule has 3 aromatic rings. The molecule has 0 spiro atoms. The third kappa shape index (κ3) is 7.52. The molecule has 2 N–H and O–H groups in total. The highest BCUT2D eigenvalue weighted by atomic mass is 35.5. The first-order chi connectivity index (χ1) is 18.8. The lowest BCUT2D eigenvalue weighted by atomic mass is 9.83. The average molecular weight is 544 g/mol. The molecule has 0 aliphatic heterocycles. The second-order valence-corrected chi connectivity index (χ2v) is 10.1. The number of Topliss-reactive ketones (excluding diaryl/α,β-unsaturated/α-hetero) is 1. The number of ketones is 2. The Morgan fingerprint density at radius 3 is 1.95 bits per heavy atom. The van der Waals surface area contributed by atoms with Crippen LogP contribution in [-0.4, -0.2) is 35.1 Å². The zero-order valence-corrected chi connectivity index (χ0v) is 22.2. The SMILES string of the molecule is O=C(O)CCNC(=O)c1ccc(C(=O)C(=CC(=O)c2ccc(Cl)cc2)c2ccc(C3CCCCC3)cc2)cc1. The second kappa shape index (κ2) is 13.2. The van der Waals surface area contributed by atoms with Crippen LogP contribution in [-0.2, 0) is 4.79 Å². The number of hydrogen-bond acceptors (Lipinski definition) is 4. The van der Waals surface area contributed by atoms with Gasteiger partial charge in [-0.3, -0.25) is 19.2 Å². The fraction of sp³-hybridized carbons (Fsp3) is 0.250. The Morgan fingerprint density at radius 2 is 1.33 bits per heavy atom. The van der Waals surface area contributed by atoms with Crippen LogP contribution in [0.15, 0.2) is 78.9 Å². The molecule has 3 aromatic carbocycles. The predicted octanol–water partition coefficient (Wildman–Crippen LogP) is 6.74. The lowest BCUT2D eigenvalue weighted by molar-refractivity contribution is -0.136. The molecule has 0 saturated heterocycles. The second-order valence-electron chi connectivity index (χ2n) is 9.69. The normalized spacial score (nSPS) is 14.0. The van der Waals surface area contributed by atoms with Gasteiger partial charge < -0.3 is 10.4 Å². The van der Waals surface area contributed by atoms with Crippen molar-refractivity contribution in [2.24, 2.45) is 0 Å². The van der Waals surface area contributed by atoms with Gasteiger partial charge in [0.25, 0.3) is 5.91 Å². The van der Waals surface area contributed by atoms with Crippen molar-refractivity contribution in [1.29, 1.82) is 0 Å². The van der Waals surface area contributed by atoms with E-state index in [1.165, 1.54) is 55.2 Å². The molecule has 1 amide bonds. The molecule has 200 valence electrons. The van der Waals surface area contributed by atoms with Crippen LogP contribution in [0.25, 0.3) is 5.57 Å². The summed E-state index contributed by atoms with van der Waals surface area (Å²) < 4.78 is 0. The molecule has 0 atom stereocenters. The first-order valence-corrected chi connectivity index (χ1v) is 13.5. The Bertz CT molecular complexity index is 1370. The van der Waals surface area contributed by atoms with Crippen LogP contribution in [0.1, 0.15) is 86.6 Å². The monoisotopic (exact) mass is 543 g/mol. The zero-order chi connectivity index (χ0) is 27.8. The van der Waals surface area contributed by atoms with Crippen molar-refractivity contribution in [3.05, 3.63) is 112 Å². The van der Waals surface area contributed by atoms with Crippen LogP contribution in [0.5, 0.6) is 0 Å². The quantitative estimate of drug-likeness (QED) is 0.218. The van der Waals surface area contributed by atoms with Gasteiger partial charge in [-0.05, 0) is 72.4 Å². The highest BCUT2D eigenvalue weighted by molar-refractivity contribution is 6.33. The minimum atomic E-state index is -1.00. The summed E-state index contributed by atoms with van der Waals surface area (Å²) in [5, 5.41) is 11.8. The molecule has 7 heteroatoms. The highest BCUT2D eigenvalue weighted by Crippen LogP contribution is 2.33. The van der Waals surface area contributed by atoms with Crippen molar-refractivity contribution in [2.45, 2.75) is 44.4 Å². The number of carbonyl (C=O) groups is 4. The summed E-state index contributed by atoms with van der Waals surface area (Å²) in [7, 11) is 0. The molecule has 6 nitrogen and oxygen atoms in total. The van der Waals surface area contributed by atoms with Crippen molar-refractivity contribution in [1.82, 2.24) is 5.32 Å². The molecule has 0 bridgehead atoms. The van der Waals surface area contributed by atoms with E-state index in [1.54, 1.807) is 24.3 Å². The van der Waals surface area contributed by atoms with Crippen molar-refractivity contribution in [2.75, 3.05) is 6.54 Å². The van der Waals surface area contributed by atoms with Gasteiger partial charge in [0.2, 0.25) is 0 Å². The van der Waals surface area contributed by atoms with E-state index in [0.29, 0.717) is 33.2 Å². The molecule has 1 aliphatic carbocycles. The Labute approximate surface area is 232 Å². The average Bonchev–Trinajstić information content (AvgIpc) is 2.96. The first-order valence-electron chi connectivity index (χ1n) is 13.1. The predicted molar refractivity (Wildman–Crippen MR) is 151 cm³/mol. The van der Waals surface area contributed by atoms with Gasteiger partial charge in [0.1, 0.15) is 0 Å². The van der Waals surface area contributed by atoms with Crippen LogP contribution in [0.4, 0.5) is 0 Å². The topological polar surface area (TPSA) is 101 Å². The molecular weight excluding hydrogens is 514 g/mol. The van der Waals surface area contributed by atoms with Gasteiger partial charge in [-0.2, -0.15) is 0 Å². The smallest absolute Gasteiger partial charge is 0.305 e. The summed E-state index contributed by atoms with van der Waals surface area (Å²) in [6, 6.07) is 20.5. The van der Waals surface area contributed by atoms with Crippen LogP contribution in [0, 0.1) is 0 Å². The number of amides is 1. The highest BCUT2D eigenvalue weighted by Gasteiger charge is 2.20. The largest absolute Gasteiger partial charge is 0.481 e. The third-order valence-corrected chi connectivity index (χ3v) is 7.23. The fourth-order valence-corrected chi connectivity index (χ4v) is 4.92. The number of benzene rings is 3. The number of hydrogen-bond donors (Lipinski definition) is 2. The van der Waals surface area contributed by atoms with Crippen LogP contribution >= 0.6 is 11.6 Å². The van der Waals surface area contributed by atoms with E-state index in [1.807, 2.05) is 24.3 Å². The molecule has 0 aromatic heterocycles. The Hall–Kier alpha value is -4.03. The van der Waals surface area contributed by atoms with E-state index < -0.39 is 11.9 Å². The number of rotatable bonds is 10. The fourth-order valence-electron chi connectivity index (χ4n) is 4.79. The van der Waals surface area contributed by atoms with Gasteiger partial charge >= 0.3 is 5.97 Å². The van der Waals surface area contributed by atoms with Crippen molar-refractivity contribution >= 4 is 40.6 Å². The van der Waals surface area contributed by atoms with Gasteiger partial charge in [-0.25, -0.2) is 0 Å². The van der Waals surface area contributed by atoms with E-state index >= 15 is 0 Å². The summed E-state index contributed by atoms with van der Waals surface area (Å²) in [5.74, 6) is -1.58. The Morgan fingerprint density at radius 1 is 0.769 bits per heavy atom. The van der Waals surface area contributed by atoms with Gasteiger partial charge in [0.15, 0.2) is 11.6 Å². The van der Waals surface area contributed by atoms with E-state index in [4.69, 9.17) is 16.7 Å². The van der Waals surface area contributed by atoms with E-state index in [2.05, 4.69) is 5.32 Å². The number of carbonyl (C=O) groups excluding carboxylic acids is 3. The molecule has 0 unspecified atom stereocenters. The van der Waals surface area contributed by atoms with Crippen molar-refractivity contribution < 1.29 is 24.3 Å². The summed E-state index contributed by atoms with van der Waals surface area (Å²) in [6.07, 6.45) is 7.20. The number of aliphatic carboxylic acids is 1. The molecule has 0 radical (unpaired) electrons. The molecule has 4 rings (SSSR count). The Balaban J connectivity index is 1.60. The summed E-state index contributed by atoms with van der Waals surface area (Å²) >= 11 is 5.97. The van der Waals surface area contributed by atoms with Gasteiger partial charge in [-0.15, -0.1) is 0 Å². The first kappa shape index (κ1) is 28.0. The van der Waals surface area contributed by atoms with Crippen LogP contribution in [0.3, 0.4) is 0 Å². The molecule has 0 heterocycles. The third-order valence-electron chi connectivity index (χ3n) is 6.98. The lowest BCUT2D eigenvalue weighted by Crippen LogP contribution is -2.26. The van der Waals surface area contributed by atoms with Crippen LogP contribution < -0.4 is 5.32 Å². The number of nitrogens with one attached hydrogen (secondary N) is 1. The summed E-state index contributed by atoms with van der Waals surface area (Å²) in [4.78, 5) is 49.8. The summed E-state index contributed by atoms with van der Waals surface area (Å²) in [5.41, 5.74) is 3.17. The van der Waals surface area contributed by atoms with Gasteiger partial charge in [-0.1, -0.05) is 67.3 Å². The van der Waals surface area contributed by atoms with E-state index in [9.17, 15) is 19.2 Å². The minimum Gasteiger partial charge on any atom is -0.481 e. The number of carboxylic acid groups (broad SMARTS) is 1. The molecule has 39 heavy (non-hydrogen) atoms. The van der Waals surface area contributed by atoms with Crippen molar-refractivity contribution in [3.8, 4) is 0 Å². The maximum atomic E-state index is 13.7. The van der Waals surface area contributed by atoms with Crippen LogP contribution in [0.2, 0.25) is 5.02 Å². The Kier molecular flexibility index (Phi) is 9.45. The number of carboxylic acids is 1. The van der Waals surface area contributed by atoms with Gasteiger partial charge in [0.05, 0.1) is 6.42 Å². The maximum absolute atomic E-state index is 13.7. The lowest BCUT2D eigenvalue weighted by Gasteiger charge is -2.22. The number of allylic oxidation sites excluding steroid dienone is 2. The van der Waals surface area contributed by atoms with E-state index in [-0.39, 0.29) is 30.1 Å². The van der Waals surface area contributed by atoms with Gasteiger partial charge in [0, 0.05) is 33.8 Å². The minimum absolute atomic E-state index is 0.00535. The van der Waals surface area contributed by atoms with E-state index in [0.717, 1.165) is 12.8 Å². The molecule has 1 saturated carbocycles. The molecule has 1 aliphatic rings. The maximum Gasteiger partial charge on any atom is 0.305 e. The molecule has 1 fully saturated rings. The number of halogens is 1. The zero-order valence-electron chi connectivity index (χ0n) is 21.5. The van der Waals surface area contributed by atoms with Crippen molar-refractivity contribution in [3.63, 3.8) is 0 Å². The summed E-state index contributed by atoms with van der Waals surface area (Å²) in [6.45, 7) is 0.00535.